The van der Waals surface area contributed by atoms with Gasteiger partial charge < -0.3 is 5.32 Å². The molecule has 0 saturated carbocycles. The Morgan fingerprint density at radius 1 is 0.938 bits per heavy atom. The van der Waals surface area contributed by atoms with E-state index in [9.17, 15) is 0 Å². The molecule has 0 bridgehead atoms. The van der Waals surface area contributed by atoms with Crippen molar-refractivity contribution in [2.45, 2.75) is 0 Å². The van der Waals surface area contributed by atoms with E-state index in [0.717, 1.165) is 22.6 Å². The summed E-state index contributed by atoms with van der Waals surface area (Å²) in [5.41, 5.74) is 3.84. The Morgan fingerprint density at radius 3 is 2.69 bits per heavy atom. The minimum Gasteiger partial charge on any atom is -0.353 e. The molecule has 0 aliphatic carbocycles. The van der Waals surface area contributed by atoms with E-state index < -0.39 is 0 Å². The monoisotopic (exact) mass is 228 g/mol. The molecule has 0 atom stereocenters. The molecule has 0 amide bonds. The SMILES string of the molecule is Clc1cccc2c1C=Nc1ccccc1N2. The molecule has 0 spiro atoms. The molecule has 78 valence electrons. The Bertz CT molecular complexity index is 576. The zero-order valence-electron chi connectivity index (χ0n) is 8.44. The lowest BCUT2D eigenvalue weighted by Crippen LogP contribution is -1.93. The fourth-order valence-corrected chi connectivity index (χ4v) is 1.97. The minimum absolute atomic E-state index is 0.710. The number of para-hydroxylation sites is 2. The molecule has 1 heterocycles. The van der Waals surface area contributed by atoms with Crippen LogP contribution in [0.15, 0.2) is 47.5 Å². The first kappa shape index (κ1) is 9.43. The summed E-state index contributed by atoms with van der Waals surface area (Å²) >= 11 is 6.13. The Morgan fingerprint density at radius 2 is 1.75 bits per heavy atom. The van der Waals surface area contributed by atoms with Gasteiger partial charge in [0, 0.05) is 17.5 Å². The van der Waals surface area contributed by atoms with Crippen LogP contribution >= 0.6 is 11.6 Å². The summed E-state index contributed by atoms with van der Waals surface area (Å²) < 4.78 is 0. The van der Waals surface area contributed by atoms with Crippen molar-refractivity contribution in [1.82, 2.24) is 0 Å². The van der Waals surface area contributed by atoms with Gasteiger partial charge in [0.25, 0.3) is 0 Å². The smallest absolute Gasteiger partial charge is 0.0864 e. The van der Waals surface area contributed by atoms with Crippen molar-refractivity contribution in [3.05, 3.63) is 53.1 Å². The van der Waals surface area contributed by atoms with Gasteiger partial charge in [-0.05, 0) is 24.3 Å². The van der Waals surface area contributed by atoms with Crippen LogP contribution in [0.1, 0.15) is 5.56 Å². The zero-order chi connectivity index (χ0) is 11.0. The molecule has 0 saturated heterocycles. The Kier molecular flexibility index (Phi) is 2.15. The molecular weight excluding hydrogens is 220 g/mol. The predicted molar refractivity (Wildman–Crippen MR) is 68.4 cm³/mol. The van der Waals surface area contributed by atoms with E-state index in [1.807, 2.05) is 42.5 Å². The fourth-order valence-electron chi connectivity index (χ4n) is 1.75. The van der Waals surface area contributed by atoms with Crippen LogP contribution in [-0.4, -0.2) is 6.21 Å². The third kappa shape index (κ3) is 1.48. The number of hydrogen-bond acceptors (Lipinski definition) is 2. The summed E-state index contributed by atoms with van der Waals surface area (Å²) in [5.74, 6) is 0. The maximum absolute atomic E-state index is 6.13. The van der Waals surface area contributed by atoms with Crippen molar-refractivity contribution in [2.24, 2.45) is 4.99 Å². The largest absolute Gasteiger partial charge is 0.353 e. The highest BCUT2D eigenvalue weighted by Gasteiger charge is 2.10. The first-order valence-electron chi connectivity index (χ1n) is 5.03. The van der Waals surface area contributed by atoms with Crippen molar-refractivity contribution in [3.8, 4) is 0 Å². The van der Waals surface area contributed by atoms with E-state index in [0.29, 0.717) is 5.02 Å². The summed E-state index contributed by atoms with van der Waals surface area (Å²) in [6, 6.07) is 13.7. The topological polar surface area (TPSA) is 24.4 Å². The molecule has 3 rings (SSSR count). The molecule has 0 unspecified atom stereocenters. The number of fused-ring (bicyclic) bond motifs is 2. The third-order valence-corrected chi connectivity index (χ3v) is 2.89. The van der Waals surface area contributed by atoms with Crippen LogP contribution in [-0.2, 0) is 0 Å². The summed E-state index contributed by atoms with van der Waals surface area (Å²) in [4.78, 5) is 4.42. The van der Waals surface area contributed by atoms with Crippen LogP contribution in [0.4, 0.5) is 17.1 Å². The molecule has 0 radical (unpaired) electrons. The van der Waals surface area contributed by atoms with Gasteiger partial charge in [0.2, 0.25) is 0 Å². The molecule has 2 aromatic rings. The average molecular weight is 229 g/mol. The second kappa shape index (κ2) is 3.65. The highest BCUT2D eigenvalue weighted by atomic mass is 35.5. The van der Waals surface area contributed by atoms with Gasteiger partial charge in [-0.3, -0.25) is 4.99 Å². The molecule has 0 fully saturated rings. The maximum atomic E-state index is 6.13. The van der Waals surface area contributed by atoms with E-state index in [4.69, 9.17) is 11.6 Å². The number of nitrogens with zero attached hydrogens (tertiary/aromatic N) is 1. The molecule has 2 aromatic carbocycles. The quantitative estimate of drug-likeness (QED) is 0.614. The number of benzene rings is 2. The average Bonchev–Trinajstić information content (AvgIpc) is 2.48. The van der Waals surface area contributed by atoms with Gasteiger partial charge >= 0.3 is 0 Å². The van der Waals surface area contributed by atoms with Gasteiger partial charge in [0.05, 0.1) is 16.4 Å². The molecule has 1 aliphatic heterocycles. The summed E-state index contributed by atoms with van der Waals surface area (Å²) in [5, 5.41) is 4.04. The standard InChI is InChI=1S/C13H9ClN2/c14-10-4-3-7-11-9(10)8-15-12-5-1-2-6-13(12)16-11/h1-8,16H. The van der Waals surface area contributed by atoms with Crippen LogP contribution in [0.5, 0.6) is 0 Å². The highest BCUT2D eigenvalue weighted by molar-refractivity contribution is 6.34. The van der Waals surface area contributed by atoms with E-state index in [2.05, 4.69) is 10.3 Å². The number of halogens is 1. The first-order valence-corrected chi connectivity index (χ1v) is 5.41. The summed E-state index contributed by atoms with van der Waals surface area (Å²) in [6.45, 7) is 0. The molecule has 0 aromatic heterocycles. The molecule has 3 heteroatoms. The molecule has 16 heavy (non-hydrogen) atoms. The van der Waals surface area contributed by atoms with Crippen LogP contribution in [0.3, 0.4) is 0 Å². The summed E-state index contributed by atoms with van der Waals surface area (Å²) in [7, 11) is 0. The van der Waals surface area contributed by atoms with Crippen molar-refractivity contribution in [3.63, 3.8) is 0 Å². The van der Waals surface area contributed by atoms with E-state index in [1.54, 1.807) is 6.21 Å². The summed E-state index contributed by atoms with van der Waals surface area (Å²) in [6.07, 6.45) is 1.80. The van der Waals surface area contributed by atoms with Crippen LogP contribution in [0, 0.1) is 0 Å². The van der Waals surface area contributed by atoms with E-state index in [1.165, 1.54) is 0 Å². The molecule has 1 N–H and O–H groups in total. The van der Waals surface area contributed by atoms with Gasteiger partial charge in [0.15, 0.2) is 0 Å². The van der Waals surface area contributed by atoms with Crippen LogP contribution in [0.25, 0.3) is 0 Å². The number of nitrogens with one attached hydrogen (secondary N) is 1. The predicted octanol–water partition coefficient (Wildman–Crippen LogP) is 4.15. The van der Waals surface area contributed by atoms with Crippen molar-refractivity contribution in [2.75, 3.05) is 5.32 Å². The number of hydrogen-bond donors (Lipinski definition) is 1. The lowest BCUT2D eigenvalue weighted by Gasteiger charge is -2.08. The second-order valence-electron chi connectivity index (χ2n) is 3.60. The third-order valence-electron chi connectivity index (χ3n) is 2.56. The Balaban J connectivity index is 2.21. The lowest BCUT2D eigenvalue weighted by atomic mass is 10.2. The second-order valence-corrected chi connectivity index (χ2v) is 4.01. The molecule has 1 aliphatic rings. The maximum Gasteiger partial charge on any atom is 0.0864 e. The number of rotatable bonds is 0. The van der Waals surface area contributed by atoms with Gasteiger partial charge in [-0.15, -0.1) is 0 Å². The fraction of sp³-hybridized carbons (Fsp3) is 0. The van der Waals surface area contributed by atoms with Crippen molar-refractivity contribution < 1.29 is 0 Å². The number of anilines is 2. The van der Waals surface area contributed by atoms with E-state index >= 15 is 0 Å². The van der Waals surface area contributed by atoms with Gasteiger partial charge in [-0.2, -0.15) is 0 Å². The molecular formula is C13H9ClN2. The Hall–Kier alpha value is -1.80. The van der Waals surface area contributed by atoms with Crippen LogP contribution < -0.4 is 5.32 Å². The normalized spacial score (nSPS) is 12.3. The Labute approximate surface area is 98.6 Å². The van der Waals surface area contributed by atoms with Crippen LogP contribution in [0.2, 0.25) is 5.02 Å². The van der Waals surface area contributed by atoms with E-state index in [-0.39, 0.29) is 0 Å². The zero-order valence-corrected chi connectivity index (χ0v) is 9.20. The van der Waals surface area contributed by atoms with Crippen molar-refractivity contribution >= 4 is 34.9 Å². The minimum atomic E-state index is 0.710. The van der Waals surface area contributed by atoms with Gasteiger partial charge in [-0.1, -0.05) is 29.8 Å². The van der Waals surface area contributed by atoms with Gasteiger partial charge in [0.1, 0.15) is 0 Å². The highest BCUT2D eigenvalue weighted by Crippen LogP contribution is 2.34. The van der Waals surface area contributed by atoms with Gasteiger partial charge in [-0.25, -0.2) is 0 Å². The number of aliphatic imine (C=N–C) groups is 1. The molecule has 2 nitrogen and oxygen atoms in total. The first-order chi connectivity index (χ1) is 7.84. The lowest BCUT2D eigenvalue weighted by molar-refractivity contribution is 1.51. The van der Waals surface area contributed by atoms with Crippen molar-refractivity contribution in [1.29, 1.82) is 0 Å².